The van der Waals surface area contributed by atoms with E-state index in [0.717, 1.165) is 31.7 Å². The highest BCUT2D eigenvalue weighted by atomic mass is 16.3. The SMILES string of the molecule is CCNCCN(CC)C(O)c1ccccc1. The van der Waals surface area contributed by atoms with Gasteiger partial charge in [0, 0.05) is 13.1 Å². The van der Waals surface area contributed by atoms with Crippen molar-refractivity contribution in [1.29, 1.82) is 0 Å². The van der Waals surface area contributed by atoms with Crippen LogP contribution in [-0.2, 0) is 0 Å². The third-order valence-corrected chi connectivity index (χ3v) is 2.68. The lowest BCUT2D eigenvalue weighted by molar-refractivity contribution is 0.00616. The van der Waals surface area contributed by atoms with Crippen molar-refractivity contribution in [2.45, 2.75) is 20.1 Å². The van der Waals surface area contributed by atoms with Gasteiger partial charge < -0.3 is 10.4 Å². The number of benzene rings is 1. The fourth-order valence-electron chi connectivity index (χ4n) is 1.69. The number of aliphatic hydroxyl groups is 1. The Morgan fingerprint density at radius 1 is 1.25 bits per heavy atom. The fourth-order valence-corrected chi connectivity index (χ4v) is 1.69. The Labute approximate surface area is 98.1 Å². The molecule has 3 heteroatoms. The Morgan fingerprint density at radius 2 is 1.94 bits per heavy atom. The number of aliphatic hydroxyl groups excluding tert-OH is 1. The maximum atomic E-state index is 10.2. The van der Waals surface area contributed by atoms with Gasteiger partial charge in [-0.15, -0.1) is 0 Å². The normalized spacial score (nSPS) is 13.0. The standard InChI is InChI=1S/C13H22N2O/c1-3-14-10-11-15(4-2)13(16)12-8-6-5-7-9-12/h5-9,13-14,16H,3-4,10-11H2,1-2H3. The molecule has 1 atom stereocenters. The predicted molar refractivity (Wildman–Crippen MR) is 67.2 cm³/mol. The highest BCUT2D eigenvalue weighted by Gasteiger charge is 2.14. The molecule has 0 bridgehead atoms. The molecule has 16 heavy (non-hydrogen) atoms. The van der Waals surface area contributed by atoms with Crippen molar-refractivity contribution in [2.75, 3.05) is 26.2 Å². The smallest absolute Gasteiger partial charge is 0.133 e. The molecule has 0 aromatic heterocycles. The van der Waals surface area contributed by atoms with Crippen LogP contribution in [0.1, 0.15) is 25.6 Å². The molecule has 1 aromatic carbocycles. The van der Waals surface area contributed by atoms with Gasteiger partial charge in [-0.3, -0.25) is 4.90 Å². The van der Waals surface area contributed by atoms with Crippen molar-refractivity contribution in [1.82, 2.24) is 10.2 Å². The summed E-state index contributed by atoms with van der Waals surface area (Å²) in [5, 5.41) is 13.4. The Kier molecular flexibility index (Phi) is 6.08. The van der Waals surface area contributed by atoms with Crippen LogP contribution in [0.3, 0.4) is 0 Å². The molecule has 2 N–H and O–H groups in total. The van der Waals surface area contributed by atoms with E-state index >= 15 is 0 Å². The van der Waals surface area contributed by atoms with E-state index in [-0.39, 0.29) is 0 Å². The molecule has 1 aromatic rings. The van der Waals surface area contributed by atoms with Crippen LogP contribution in [0.2, 0.25) is 0 Å². The minimum absolute atomic E-state index is 0.496. The molecular formula is C13H22N2O. The first-order valence-electron chi connectivity index (χ1n) is 5.97. The lowest BCUT2D eigenvalue weighted by Crippen LogP contribution is -2.35. The molecule has 0 heterocycles. The average molecular weight is 222 g/mol. The minimum atomic E-state index is -0.496. The summed E-state index contributed by atoms with van der Waals surface area (Å²) in [7, 11) is 0. The summed E-state index contributed by atoms with van der Waals surface area (Å²) in [6.45, 7) is 7.75. The van der Waals surface area contributed by atoms with E-state index in [1.54, 1.807) is 0 Å². The van der Waals surface area contributed by atoms with Crippen LogP contribution in [0.5, 0.6) is 0 Å². The number of hydrogen-bond donors (Lipinski definition) is 2. The maximum absolute atomic E-state index is 10.2. The molecule has 0 aliphatic carbocycles. The second kappa shape index (κ2) is 7.39. The molecule has 0 saturated heterocycles. The molecule has 0 spiro atoms. The van der Waals surface area contributed by atoms with Gasteiger partial charge >= 0.3 is 0 Å². The predicted octanol–water partition coefficient (Wildman–Crippen LogP) is 1.61. The first-order chi connectivity index (χ1) is 7.79. The number of hydrogen-bond acceptors (Lipinski definition) is 3. The molecule has 0 amide bonds. The maximum Gasteiger partial charge on any atom is 0.133 e. The zero-order chi connectivity index (χ0) is 11.8. The monoisotopic (exact) mass is 222 g/mol. The minimum Gasteiger partial charge on any atom is -0.374 e. The number of nitrogens with one attached hydrogen (secondary N) is 1. The molecule has 1 rings (SSSR count). The zero-order valence-corrected chi connectivity index (χ0v) is 10.2. The van der Waals surface area contributed by atoms with E-state index in [9.17, 15) is 5.11 Å². The largest absolute Gasteiger partial charge is 0.374 e. The highest BCUT2D eigenvalue weighted by Crippen LogP contribution is 2.16. The summed E-state index contributed by atoms with van der Waals surface area (Å²) in [6.07, 6.45) is -0.496. The molecule has 0 fully saturated rings. The van der Waals surface area contributed by atoms with Crippen molar-refractivity contribution < 1.29 is 5.11 Å². The highest BCUT2D eigenvalue weighted by molar-refractivity contribution is 5.16. The van der Waals surface area contributed by atoms with E-state index in [2.05, 4.69) is 24.1 Å². The first-order valence-corrected chi connectivity index (χ1v) is 5.97. The molecular weight excluding hydrogens is 200 g/mol. The first kappa shape index (κ1) is 13.2. The van der Waals surface area contributed by atoms with Crippen LogP contribution in [0.15, 0.2) is 30.3 Å². The quantitative estimate of drug-likeness (QED) is 0.543. The molecule has 1 unspecified atom stereocenters. The van der Waals surface area contributed by atoms with Crippen molar-refractivity contribution in [3.05, 3.63) is 35.9 Å². The van der Waals surface area contributed by atoms with Gasteiger partial charge in [0.1, 0.15) is 6.23 Å². The van der Waals surface area contributed by atoms with Gasteiger partial charge in [-0.1, -0.05) is 44.2 Å². The third kappa shape index (κ3) is 3.93. The van der Waals surface area contributed by atoms with Crippen molar-refractivity contribution in [2.24, 2.45) is 0 Å². The van der Waals surface area contributed by atoms with Crippen LogP contribution in [-0.4, -0.2) is 36.2 Å². The molecule has 90 valence electrons. The summed E-state index contributed by atoms with van der Waals surface area (Å²) in [5.41, 5.74) is 0.959. The number of nitrogens with zero attached hydrogens (tertiary/aromatic N) is 1. The molecule has 0 saturated carbocycles. The van der Waals surface area contributed by atoms with Crippen molar-refractivity contribution >= 4 is 0 Å². The number of rotatable bonds is 7. The van der Waals surface area contributed by atoms with E-state index < -0.39 is 6.23 Å². The topological polar surface area (TPSA) is 35.5 Å². The Bertz CT molecular complexity index is 277. The van der Waals surface area contributed by atoms with E-state index in [1.165, 1.54) is 0 Å². The van der Waals surface area contributed by atoms with Gasteiger partial charge in [0.2, 0.25) is 0 Å². The Morgan fingerprint density at radius 3 is 2.50 bits per heavy atom. The summed E-state index contributed by atoms with van der Waals surface area (Å²) in [6, 6.07) is 9.79. The van der Waals surface area contributed by atoms with Crippen LogP contribution in [0.4, 0.5) is 0 Å². The Hall–Kier alpha value is -0.900. The fraction of sp³-hybridized carbons (Fsp3) is 0.538. The van der Waals surface area contributed by atoms with Crippen LogP contribution < -0.4 is 5.32 Å². The second-order valence-electron chi connectivity index (χ2n) is 3.77. The lowest BCUT2D eigenvalue weighted by atomic mass is 10.2. The number of likely N-dealkylation sites (N-methyl/N-ethyl adjacent to an activating group) is 2. The van der Waals surface area contributed by atoms with Gasteiger partial charge in [-0.25, -0.2) is 0 Å². The van der Waals surface area contributed by atoms with E-state index in [0.29, 0.717) is 0 Å². The molecule has 0 radical (unpaired) electrons. The lowest BCUT2D eigenvalue weighted by Gasteiger charge is -2.26. The summed E-state index contributed by atoms with van der Waals surface area (Å²) < 4.78 is 0. The van der Waals surface area contributed by atoms with Crippen molar-refractivity contribution in [3.8, 4) is 0 Å². The molecule has 0 aliphatic heterocycles. The summed E-state index contributed by atoms with van der Waals surface area (Å²) in [4.78, 5) is 2.05. The van der Waals surface area contributed by atoms with Gasteiger partial charge in [0.25, 0.3) is 0 Å². The van der Waals surface area contributed by atoms with Crippen LogP contribution >= 0.6 is 0 Å². The zero-order valence-electron chi connectivity index (χ0n) is 10.2. The summed E-state index contributed by atoms with van der Waals surface area (Å²) >= 11 is 0. The van der Waals surface area contributed by atoms with Gasteiger partial charge in [-0.2, -0.15) is 0 Å². The molecule has 0 aliphatic rings. The van der Waals surface area contributed by atoms with E-state index in [1.807, 2.05) is 30.3 Å². The average Bonchev–Trinajstić information content (AvgIpc) is 2.35. The second-order valence-corrected chi connectivity index (χ2v) is 3.77. The molecule has 3 nitrogen and oxygen atoms in total. The van der Waals surface area contributed by atoms with Crippen LogP contribution in [0.25, 0.3) is 0 Å². The summed E-state index contributed by atoms with van der Waals surface area (Å²) in [5.74, 6) is 0. The third-order valence-electron chi connectivity index (χ3n) is 2.68. The van der Waals surface area contributed by atoms with Gasteiger partial charge in [-0.05, 0) is 18.7 Å². The van der Waals surface area contributed by atoms with E-state index in [4.69, 9.17) is 0 Å². The Balaban J connectivity index is 2.52. The van der Waals surface area contributed by atoms with Gasteiger partial charge in [0.05, 0.1) is 0 Å². The van der Waals surface area contributed by atoms with Crippen molar-refractivity contribution in [3.63, 3.8) is 0 Å². The van der Waals surface area contributed by atoms with Crippen LogP contribution in [0, 0.1) is 0 Å². The van der Waals surface area contributed by atoms with Gasteiger partial charge in [0.15, 0.2) is 0 Å².